The number of amides is 2. The monoisotopic (exact) mass is 289 g/mol. The van der Waals surface area contributed by atoms with Crippen LogP contribution in [-0.2, 0) is 9.59 Å². The second kappa shape index (κ2) is 6.88. The minimum Gasteiger partial charge on any atom is -0.497 e. The summed E-state index contributed by atoms with van der Waals surface area (Å²) in [5.41, 5.74) is 1.82. The fourth-order valence-corrected chi connectivity index (χ4v) is 2.10. The van der Waals surface area contributed by atoms with Gasteiger partial charge in [-0.1, -0.05) is 0 Å². The molecule has 0 saturated heterocycles. The molecule has 0 fully saturated rings. The first-order chi connectivity index (χ1) is 10.1. The van der Waals surface area contributed by atoms with Gasteiger partial charge in [0.25, 0.3) is 0 Å². The molecule has 1 heterocycles. The highest BCUT2D eigenvalue weighted by atomic mass is 16.5. The van der Waals surface area contributed by atoms with E-state index in [1.807, 2.05) is 24.3 Å². The van der Waals surface area contributed by atoms with Crippen LogP contribution in [0, 0.1) is 0 Å². The number of rotatable bonds is 5. The molecule has 6 heteroatoms. The van der Waals surface area contributed by atoms with Gasteiger partial charge >= 0.3 is 0 Å². The quantitative estimate of drug-likeness (QED) is 0.884. The molecule has 0 bridgehead atoms. The molecule has 2 amide bonds. The predicted molar refractivity (Wildman–Crippen MR) is 79.2 cm³/mol. The molecule has 2 rings (SSSR count). The lowest BCUT2D eigenvalue weighted by Crippen LogP contribution is -2.34. The van der Waals surface area contributed by atoms with Crippen LogP contribution in [0.2, 0.25) is 0 Å². The third-order valence-corrected chi connectivity index (χ3v) is 3.36. The maximum atomic E-state index is 11.8. The van der Waals surface area contributed by atoms with Crippen molar-refractivity contribution < 1.29 is 14.3 Å². The number of hydrogen-bond donors (Lipinski definition) is 1. The van der Waals surface area contributed by atoms with E-state index in [1.165, 1.54) is 5.01 Å². The van der Waals surface area contributed by atoms with Crippen LogP contribution < -0.4 is 10.1 Å². The summed E-state index contributed by atoms with van der Waals surface area (Å²) in [5.74, 6) is 0.633. The van der Waals surface area contributed by atoms with Gasteiger partial charge < -0.3 is 10.1 Å². The number of hydrogen-bond acceptors (Lipinski definition) is 4. The summed E-state index contributed by atoms with van der Waals surface area (Å²) < 4.78 is 5.12. The van der Waals surface area contributed by atoms with Crippen LogP contribution in [-0.4, -0.2) is 43.2 Å². The Morgan fingerprint density at radius 3 is 2.67 bits per heavy atom. The Bertz CT molecular complexity index is 552. The summed E-state index contributed by atoms with van der Waals surface area (Å²) in [5, 5.41) is 8.30. The van der Waals surface area contributed by atoms with Gasteiger partial charge in [-0.2, -0.15) is 5.10 Å². The lowest BCUT2D eigenvalue weighted by atomic mass is 10.0. The Balaban J connectivity index is 2.11. The number of benzene rings is 1. The summed E-state index contributed by atoms with van der Waals surface area (Å²) in [6, 6.07) is 7.57. The van der Waals surface area contributed by atoms with E-state index in [1.54, 1.807) is 14.2 Å². The van der Waals surface area contributed by atoms with E-state index < -0.39 is 0 Å². The van der Waals surface area contributed by atoms with Crippen molar-refractivity contribution in [1.29, 1.82) is 0 Å². The SMILES string of the molecule is CNC(=O)CCN1N=C(c2ccc(OC)cc2)CCC1=O. The summed E-state index contributed by atoms with van der Waals surface area (Å²) in [6.07, 6.45) is 1.28. The van der Waals surface area contributed by atoms with E-state index in [4.69, 9.17) is 4.74 Å². The molecule has 6 nitrogen and oxygen atoms in total. The van der Waals surface area contributed by atoms with E-state index >= 15 is 0 Å². The number of hydrazone groups is 1. The van der Waals surface area contributed by atoms with Gasteiger partial charge in [0.1, 0.15) is 5.75 Å². The number of nitrogens with one attached hydrogen (secondary N) is 1. The number of ether oxygens (including phenoxy) is 1. The molecule has 0 spiro atoms. The van der Waals surface area contributed by atoms with Crippen molar-refractivity contribution in [2.75, 3.05) is 20.7 Å². The molecule has 112 valence electrons. The smallest absolute Gasteiger partial charge is 0.243 e. The largest absolute Gasteiger partial charge is 0.497 e. The molecule has 0 unspecified atom stereocenters. The van der Waals surface area contributed by atoms with Crippen molar-refractivity contribution in [3.63, 3.8) is 0 Å². The molecule has 1 aliphatic heterocycles. The fourth-order valence-electron chi connectivity index (χ4n) is 2.10. The Kier molecular flexibility index (Phi) is 4.92. The molecule has 1 aromatic rings. The summed E-state index contributed by atoms with van der Waals surface area (Å²) in [6.45, 7) is 0.304. The van der Waals surface area contributed by atoms with Crippen molar-refractivity contribution in [2.45, 2.75) is 19.3 Å². The Hall–Kier alpha value is -2.37. The molecule has 0 atom stereocenters. The van der Waals surface area contributed by atoms with E-state index in [2.05, 4.69) is 10.4 Å². The first kappa shape index (κ1) is 15.0. The molecule has 0 saturated carbocycles. The van der Waals surface area contributed by atoms with Crippen molar-refractivity contribution in [2.24, 2.45) is 5.10 Å². The van der Waals surface area contributed by atoms with Crippen LogP contribution >= 0.6 is 0 Å². The highest BCUT2D eigenvalue weighted by molar-refractivity contribution is 6.04. The summed E-state index contributed by atoms with van der Waals surface area (Å²) >= 11 is 0. The van der Waals surface area contributed by atoms with Gasteiger partial charge in [0.05, 0.1) is 19.4 Å². The second-order valence-corrected chi connectivity index (χ2v) is 4.72. The van der Waals surface area contributed by atoms with Gasteiger partial charge in [0, 0.05) is 26.3 Å². The standard InChI is InChI=1S/C15H19N3O3/c1-16-14(19)9-10-18-15(20)8-7-13(17-18)11-3-5-12(21-2)6-4-11/h3-6H,7-10H2,1-2H3,(H,16,19). The summed E-state index contributed by atoms with van der Waals surface area (Å²) in [4.78, 5) is 23.1. The van der Waals surface area contributed by atoms with Crippen LogP contribution in [0.25, 0.3) is 0 Å². The molecule has 0 radical (unpaired) electrons. The number of nitrogens with zero attached hydrogens (tertiary/aromatic N) is 2. The van der Waals surface area contributed by atoms with Crippen LogP contribution in [0.15, 0.2) is 29.4 Å². The van der Waals surface area contributed by atoms with Crippen molar-refractivity contribution in [3.05, 3.63) is 29.8 Å². The lowest BCUT2D eigenvalue weighted by molar-refractivity contribution is -0.132. The van der Waals surface area contributed by atoms with Gasteiger partial charge in [-0.05, 0) is 29.8 Å². The molecule has 1 aliphatic rings. The number of carbonyl (C=O) groups excluding carboxylic acids is 2. The third kappa shape index (κ3) is 3.81. The highest BCUT2D eigenvalue weighted by Crippen LogP contribution is 2.18. The van der Waals surface area contributed by atoms with E-state index in [0.29, 0.717) is 19.4 Å². The molecule has 0 aliphatic carbocycles. The van der Waals surface area contributed by atoms with Gasteiger partial charge in [0.2, 0.25) is 11.8 Å². The molecule has 0 aromatic heterocycles. The summed E-state index contributed by atoms with van der Waals surface area (Å²) in [7, 11) is 3.19. The normalized spacial score (nSPS) is 14.7. The number of carbonyl (C=O) groups is 2. The molecular formula is C15H19N3O3. The molecule has 1 aromatic carbocycles. The molecular weight excluding hydrogens is 270 g/mol. The lowest BCUT2D eigenvalue weighted by Gasteiger charge is -2.23. The zero-order valence-electron chi connectivity index (χ0n) is 12.3. The van der Waals surface area contributed by atoms with E-state index in [9.17, 15) is 9.59 Å². The van der Waals surface area contributed by atoms with Crippen LogP contribution in [0.4, 0.5) is 0 Å². The van der Waals surface area contributed by atoms with Crippen molar-refractivity contribution >= 4 is 17.5 Å². The zero-order chi connectivity index (χ0) is 15.2. The van der Waals surface area contributed by atoms with Crippen LogP contribution in [0.1, 0.15) is 24.8 Å². The first-order valence-electron chi connectivity index (χ1n) is 6.87. The van der Waals surface area contributed by atoms with Gasteiger partial charge in [-0.15, -0.1) is 0 Å². The topological polar surface area (TPSA) is 71.0 Å². The first-order valence-corrected chi connectivity index (χ1v) is 6.87. The van der Waals surface area contributed by atoms with Crippen LogP contribution in [0.5, 0.6) is 5.75 Å². The maximum absolute atomic E-state index is 11.8. The van der Waals surface area contributed by atoms with Gasteiger partial charge in [0.15, 0.2) is 0 Å². The Morgan fingerprint density at radius 2 is 2.05 bits per heavy atom. The van der Waals surface area contributed by atoms with Crippen molar-refractivity contribution in [1.82, 2.24) is 10.3 Å². The minimum absolute atomic E-state index is 0.0452. The average molecular weight is 289 g/mol. The average Bonchev–Trinajstić information content (AvgIpc) is 2.54. The maximum Gasteiger partial charge on any atom is 0.243 e. The van der Waals surface area contributed by atoms with Crippen LogP contribution in [0.3, 0.4) is 0 Å². The van der Waals surface area contributed by atoms with Gasteiger partial charge in [-0.25, -0.2) is 5.01 Å². The predicted octanol–water partition coefficient (Wildman–Crippen LogP) is 1.16. The Labute approximate surface area is 123 Å². The molecule has 21 heavy (non-hydrogen) atoms. The van der Waals surface area contributed by atoms with Crippen molar-refractivity contribution in [3.8, 4) is 5.75 Å². The third-order valence-electron chi connectivity index (χ3n) is 3.36. The highest BCUT2D eigenvalue weighted by Gasteiger charge is 2.21. The molecule has 1 N–H and O–H groups in total. The zero-order valence-corrected chi connectivity index (χ0v) is 12.3. The second-order valence-electron chi connectivity index (χ2n) is 4.72. The van der Waals surface area contributed by atoms with E-state index in [0.717, 1.165) is 17.0 Å². The van der Waals surface area contributed by atoms with Gasteiger partial charge in [-0.3, -0.25) is 9.59 Å². The minimum atomic E-state index is -0.102. The fraction of sp³-hybridized carbons (Fsp3) is 0.400. The van der Waals surface area contributed by atoms with E-state index in [-0.39, 0.29) is 18.2 Å². The number of methoxy groups -OCH3 is 1. The Morgan fingerprint density at radius 1 is 1.33 bits per heavy atom.